The molecule has 3 aromatic carbocycles. The number of rotatable bonds is 12. The van der Waals surface area contributed by atoms with Gasteiger partial charge in [-0.2, -0.15) is 0 Å². The number of hydrogen-bond donors (Lipinski definition) is 3. The summed E-state index contributed by atoms with van der Waals surface area (Å²) in [6.07, 6.45) is 3.43. The van der Waals surface area contributed by atoms with Gasteiger partial charge in [-0.1, -0.05) is 30.3 Å². The zero-order valence-electron chi connectivity index (χ0n) is 23.6. The highest BCUT2D eigenvalue weighted by Crippen LogP contribution is 2.36. The van der Waals surface area contributed by atoms with Gasteiger partial charge in [0.15, 0.2) is 11.5 Å². The summed E-state index contributed by atoms with van der Waals surface area (Å²) >= 11 is 0. The predicted molar refractivity (Wildman–Crippen MR) is 157 cm³/mol. The molecule has 0 saturated heterocycles. The monoisotopic (exact) mass is 570 g/mol. The molecule has 9 nitrogen and oxygen atoms in total. The van der Waals surface area contributed by atoms with Gasteiger partial charge in [0.2, 0.25) is 0 Å². The quantitative estimate of drug-likeness (QED) is 0.220. The van der Waals surface area contributed by atoms with Crippen LogP contribution in [0.4, 0.5) is 0 Å². The molecule has 218 valence electrons. The number of nitrogens with one attached hydrogen (secondary N) is 1. The van der Waals surface area contributed by atoms with Crippen molar-refractivity contribution >= 4 is 5.97 Å². The fraction of sp³-hybridized carbons (Fsp3) is 0.273. The van der Waals surface area contributed by atoms with Crippen molar-refractivity contribution in [3.63, 3.8) is 0 Å². The molecule has 0 unspecified atom stereocenters. The number of aryl methyl sites for hydroxylation is 1. The number of benzene rings is 3. The Morgan fingerprint density at radius 3 is 2.52 bits per heavy atom. The van der Waals surface area contributed by atoms with E-state index in [1.807, 2.05) is 61.5 Å². The van der Waals surface area contributed by atoms with Gasteiger partial charge >= 0.3 is 5.97 Å². The molecule has 1 aliphatic heterocycles. The Balaban J connectivity index is 1.36. The number of carboxylic acids is 1. The molecule has 42 heavy (non-hydrogen) atoms. The molecule has 0 saturated carbocycles. The molecule has 1 aliphatic rings. The van der Waals surface area contributed by atoms with Crippen LogP contribution in [0.1, 0.15) is 27.8 Å². The highest BCUT2D eigenvalue weighted by atomic mass is 16.6. The molecule has 2 heterocycles. The van der Waals surface area contributed by atoms with E-state index in [-0.39, 0.29) is 13.2 Å². The van der Waals surface area contributed by atoms with E-state index < -0.39 is 18.6 Å². The van der Waals surface area contributed by atoms with Crippen LogP contribution >= 0.6 is 0 Å². The van der Waals surface area contributed by atoms with Crippen LogP contribution in [-0.2, 0) is 24.6 Å². The van der Waals surface area contributed by atoms with Gasteiger partial charge in [0, 0.05) is 36.1 Å². The van der Waals surface area contributed by atoms with Crippen molar-refractivity contribution in [3.05, 3.63) is 101 Å². The lowest BCUT2D eigenvalue weighted by atomic mass is 9.96. The number of pyridine rings is 1. The van der Waals surface area contributed by atoms with Crippen molar-refractivity contribution in [2.45, 2.75) is 39.6 Å². The lowest BCUT2D eigenvalue weighted by Crippen LogP contribution is -2.39. The van der Waals surface area contributed by atoms with Crippen LogP contribution in [0, 0.1) is 13.8 Å². The number of aliphatic hydroxyl groups excluding tert-OH is 1. The van der Waals surface area contributed by atoms with Crippen LogP contribution in [0.25, 0.3) is 11.1 Å². The molecule has 4 aromatic rings. The van der Waals surface area contributed by atoms with E-state index in [0.717, 1.165) is 50.4 Å². The molecule has 5 rings (SSSR count). The van der Waals surface area contributed by atoms with Gasteiger partial charge in [-0.15, -0.1) is 0 Å². The average molecular weight is 571 g/mol. The van der Waals surface area contributed by atoms with Gasteiger partial charge in [0.25, 0.3) is 0 Å². The number of carbonyl (C=O) groups is 1. The highest BCUT2D eigenvalue weighted by Gasteiger charge is 2.18. The van der Waals surface area contributed by atoms with Gasteiger partial charge in [-0.05, 0) is 65.9 Å². The van der Waals surface area contributed by atoms with Gasteiger partial charge in [-0.25, -0.2) is 0 Å². The summed E-state index contributed by atoms with van der Waals surface area (Å²) in [5.41, 5.74) is 6.79. The van der Waals surface area contributed by atoms with Crippen molar-refractivity contribution in [1.82, 2.24) is 10.3 Å². The van der Waals surface area contributed by atoms with E-state index in [4.69, 9.17) is 18.9 Å². The molecule has 1 aromatic heterocycles. The molecular weight excluding hydrogens is 536 g/mol. The predicted octanol–water partition coefficient (Wildman–Crippen LogP) is 4.83. The number of aliphatic carboxylic acids is 1. The number of aromatic nitrogens is 1. The Morgan fingerprint density at radius 1 is 0.952 bits per heavy atom. The summed E-state index contributed by atoms with van der Waals surface area (Å²) in [5.74, 6) is 1.59. The number of ether oxygens (including phenoxy) is 4. The first-order valence-corrected chi connectivity index (χ1v) is 13.8. The third-order valence-electron chi connectivity index (χ3n) is 7.18. The molecule has 0 radical (unpaired) electrons. The first-order valence-electron chi connectivity index (χ1n) is 13.8. The largest absolute Gasteiger partial charge is 0.488 e. The SMILES string of the molecule is Cc1cc(CN[C@@H](CO)C(=O)O)c(OCc2cccnc2)cc1OCc1cccc(-c2ccc3c(c2)OCCO3)c1C. The Hall–Kier alpha value is -4.60. The molecule has 0 fully saturated rings. The van der Waals surface area contributed by atoms with Crippen LogP contribution in [-0.4, -0.2) is 47.0 Å². The molecule has 0 spiro atoms. The zero-order valence-corrected chi connectivity index (χ0v) is 23.6. The van der Waals surface area contributed by atoms with Crippen LogP contribution < -0.4 is 24.3 Å². The molecule has 0 amide bonds. The first-order chi connectivity index (χ1) is 20.4. The van der Waals surface area contributed by atoms with Crippen molar-refractivity contribution in [1.29, 1.82) is 0 Å². The van der Waals surface area contributed by atoms with E-state index >= 15 is 0 Å². The summed E-state index contributed by atoms with van der Waals surface area (Å²) in [6, 6.07) is 18.5. The third-order valence-corrected chi connectivity index (χ3v) is 7.18. The van der Waals surface area contributed by atoms with Crippen LogP contribution in [0.2, 0.25) is 0 Å². The van der Waals surface area contributed by atoms with Gasteiger partial charge in [-0.3, -0.25) is 15.1 Å². The number of fused-ring (bicyclic) bond motifs is 1. The van der Waals surface area contributed by atoms with E-state index in [1.165, 1.54) is 0 Å². The normalized spacial score (nSPS) is 12.9. The second-order valence-corrected chi connectivity index (χ2v) is 10.1. The third kappa shape index (κ3) is 6.82. The lowest BCUT2D eigenvalue weighted by Gasteiger charge is -2.20. The number of hydrogen-bond acceptors (Lipinski definition) is 8. The lowest BCUT2D eigenvalue weighted by molar-refractivity contribution is -0.140. The highest BCUT2D eigenvalue weighted by molar-refractivity contribution is 5.73. The fourth-order valence-electron chi connectivity index (χ4n) is 4.78. The van der Waals surface area contributed by atoms with E-state index in [2.05, 4.69) is 23.3 Å². The summed E-state index contributed by atoms with van der Waals surface area (Å²) in [4.78, 5) is 15.5. The van der Waals surface area contributed by atoms with E-state index in [9.17, 15) is 15.0 Å². The molecule has 3 N–H and O–H groups in total. The van der Waals surface area contributed by atoms with E-state index in [1.54, 1.807) is 12.4 Å². The van der Waals surface area contributed by atoms with Gasteiger partial charge in [0.1, 0.15) is 44.0 Å². The van der Waals surface area contributed by atoms with E-state index in [0.29, 0.717) is 31.3 Å². The summed E-state index contributed by atoms with van der Waals surface area (Å²) in [7, 11) is 0. The minimum Gasteiger partial charge on any atom is -0.488 e. The molecule has 0 bridgehead atoms. The summed E-state index contributed by atoms with van der Waals surface area (Å²) in [6.45, 7) is 5.39. The first kappa shape index (κ1) is 28.9. The minimum absolute atomic E-state index is 0.192. The van der Waals surface area contributed by atoms with Crippen LogP contribution in [0.15, 0.2) is 73.1 Å². The Labute approximate surface area is 244 Å². The second-order valence-electron chi connectivity index (χ2n) is 10.1. The topological polar surface area (TPSA) is 119 Å². The Kier molecular flexibility index (Phi) is 9.21. The van der Waals surface area contributed by atoms with Crippen molar-refractivity contribution in [2.24, 2.45) is 0 Å². The van der Waals surface area contributed by atoms with Gasteiger partial charge in [0.05, 0.1) is 6.61 Å². The minimum atomic E-state index is -1.12. The van der Waals surface area contributed by atoms with Gasteiger partial charge < -0.3 is 29.2 Å². The standard InChI is InChI=1S/C33H34N2O7/c1-21-13-26(17-35-28(18-36)33(37)38)31(41-19-23-5-4-10-34-16-23)15-30(21)42-20-25-6-3-7-27(22(25)2)24-8-9-29-32(14-24)40-12-11-39-29/h3-10,13-16,28,35-36H,11-12,17-20H2,1-2H3,(H,37,38)/t28-/m0/s1. The van der Waals surface area contributed by atoms with Crippen molar-refractivity contribution < 1.29 is 34.0 Å². The van der Waals surface area contributed by atoms with Crippen LogP contribution in [0.3, 0.4) is 0 Å². The van der Waals surface area contributed by atoms with Crippen molar-refractivity contribution in [3.8, 4) is 34.1 Å². The Morgan fingerprint density at radius 2 is 1.76 bits per heavy atom. The average Bonchev–Trinajstić information content (AvgIpc) is 3.01. The number of nitrogens with zero attached hydrogens (tertiary/aromatic N) is 1. The Bertz CT molecular complexity index is 1540. The summed E-state index contributed by atoms with van der Waals surface area (Å²) in [5, 5.41) is 21.6. The summed E-state index contributed by atoms with van der Waals surface area (Å²) < 4.78 is 23.9. The fourth-order valence-corrected chi connectivity index (χ4v) is 4.78. The molecular formula is C33H34N2O7. The smallest absolute Gasteiger partial charge is 0.323 e. The maximum atomic E-state index is 11.4. The zero-order chi connectivity index (χ0) is 29.5. The second kappa shape index (κ2) is 13.4. The molecule has 1 atom stereocenters. The maximum absolute atomic E-state index is 11.4. The van der Waals surface area contributed by atoms with Crippen molar-refractivity contribution in [2.75, 3.05) is 19.8 Å². The number of aliphatic hydroxyl groups is 1. The molecule has 0 aliphatic carbocycles. The maximum Gasteiger partial charge on any atom is 0.323 e. The molecule has 9 heteroatoms. The number of carboxylic acid groups (broad SMARTS) is 1. The van der Waals surface area contributed by atoms with Crippen LogP contribution in [0.5, 0.6) is 23.0 Å².